The Bertz CT molecular complexity index is 745. The van der Waals surface area contributed by atoms with Crippen LogP contribution in [0.5, 0.6) is 5.75 Å². The summed E-state index contributed by atoms with van der Waals surface area (Å²) in [6.07, 6.45) is 5.91. The molecule has 0 amide bonds. The van der Waals surface area contributed by atoms with Crippen molar-refractivity contribution < 1.29 is 14.5 Å². The molecule has 160 valence electrons. The number of likely N-dealkylation sites (N-methyl/N-ethyl adjacent to an activating group) is 1. The Morgan fingerprint density at radius 2 is 1.90 bits per heavy atom. The molecular weight excluding hydrogens is 368 g/mol. The first-order valence-corrected chi connectivity index (χ1v) is 10.6. The van der Waals surface area contributed by atoms with Crippen molar-refractivity contribution in [2.75, 3.05) is 27.2 Å². The molecule has 0 spiro atoms. The van der Waals surface area contributed by atoms with Gasteiger partial charge >= 0.3 is 0 Å². The molecule has 1 N–H and O–H groups in total. The summed E-state index contributed by atoms with van der Waals surface area (Å²) >= 11 is 0. The van der Waals surface area contributed by atoms with E-state index in [-0.39, 0.29) is 0 Å². The molecule has 3 rings (SSSR count). The van der Waals surface area contributed by atoms with Crippen LogP contribution in [0.1, 0.15) is 49.1 Å². The Labute approximate surface area is 173 Å². The Morgan fingerprint density at radius 1 is 1.14 bits per heavy atom. The quantitative estimate of drug-likeness (QED) is 0.655. The minimum absolute atomic E-state index is 0.296. The molecule has 0 unspecified atom stereocenters. The molecule has 1 heterocycles. The fraction of sp³-hybridized carbons (Fsp3) is 0.636. The van der Waals surface area contributed by atoms with Crippen LogP contribution in [0, 0.1) is 6.92 Å². The van der Waals surface area contributed by atoms with E-state index in [2.05, 4.69) is 33.2 Å². The summed E-state index contributed by atoms with van der Waals surface area (Å²) in [5.41, 5.74) is 2.73. The average Bonchev–Trinajstić information content (AvgIpc) is 3.12. The first-order chi connectivity index (χ1) is 14.0. The molecule has 1 aliphatic rings. The minimum Gasteiger partial charge on any atom is -0.491 e. The smallest absolute Gasteiger partial charge is 0.123 e. The molecule has 0 bridgehead atoms. The van der Waals surface area contributed by atoms with Crippen molar-refractivity contribution in [1.82, 2.24) is 20.1 Å². The molecular formula is C22H34N4O3. The van der Waals surface area contributed by atoms with Gasteiger partial charge in [-0.25, -0.2) is 4.63 Å². The molecule has 0 saturated heterocycles. The zero-order chi connectivity index (χ0) is 20.6. The topological polar surface area (TPSA) is 74.9 Å². The number of ether oxygens (including phenoxy) is 1. The van der Waals surface area contributed by atoms with Crippen molar-refractivity contribution in [3.63, 3.8) is 0 Å². The monoisotopic (exact) mass is 402 g/mol. The van der Waals surface area contributed by atoms with Crippen LogP contribution in [-0.4, -0.2) is 64.6 Å². The molecule has 29 heavy (non-hydrogen) atoms. The highest BCUT2D eigenvalue weighted by atomic mass is 16.6. The number of aryl methyl sites for hydroxylation is 1. The third kappa shape index (κ3) is 6.52. The van der Waals surface area contributed by atoms with Gasteiger partial charge in [-0.3, -0.25) is 4.90 Å². The number of aliphatic hydroxyl groups excluding tert-OH is 1. The van der Waals surface area contributed by atoms with Gasteiger partial charge < -0.3 is 14.7 Å². The van der Waals surface area contributed by atoms with E-state index in [0.29, 0.717) is 32.3 Å². The van der Waals surface area contributed by atoms with Gasteiger partial charge in [-0.1, -0.05) is 47.8 Å². The highest BCUT2D eigenvalue weighted by molar-refractivity contribution is 5.33. The second-order valence-corrected chi connectivity index (χ2v) is 8.27. The molecule has 2 aromatic rings. The Hall–Kier alpha value is -1.96. The lowest BCUT2D eigenvalue weighted by atomic mass is 9.94. The Balaban J connectivity index is 1.50. The van der Waals surface area contributed by atoms with Crippen LogP contribution < -0.4 is 4.74 Å². The lowest BCUT2D eigenvalue weighted by Crippen LogP contribution is -2.40. The molecule has 1 fully saturated rings. The summed E-state index contributed by atoms with van der Waals surface area (Å²) < 4.78 is 10.8. The molecule has 1 aromatic heterocycles. The summed E-state index contributed by atoms with van der Waals surface area (Å²) in [7, 11) is 4.14. The van der Waals surface area contributed by atoms with Crippen LogP contribution in [-0.2, 0) is 13.1 Å². The van der Waals surface area contributed by atoms with Crippen molar-refractivity contribution >= 4 is 0 Å². The summed E-state index contributed by atoms with van der Waals surface area (Å²) in [5.74, 6) is 0.814. The lowest BCUT2D eigenvalue weighted by molar-refractivity contribution is 0.0556. The van der Waals surface area contributed by atoms with Gasteiger partial charge in [0.15, 0.2) is 0 Å². The van der Waals surface area contributed by atoms with Crippen LogP contribution in [0.15, 0.2) is 28.9 Å². The SMILES string of the molecule is Cc1nonc1CN(C)Cc1ccccc1OC[C@@H](O)CN(C)C1CCCCC1. The Morgan fingerprint density at radius 3 is 2.62 bits per heavy atom. The van der Waals surface area contributed by atoms with Gasteiger partial charge in [-0.2, -0.15) is 0 Å². The number of para-hydroxylation sites is 1. The number of rotatable bonds is 10. The molecule has 1 aromatic carbocycles. The Kier molecular flexibility index (Phi) is 8.03. The fourth-order valence-electron chi connectivity index (χ4n) is 4.01. The van der Waals surface area contributed by atoms with E-state index in [0.717, 1.165) is 22.7 Å². The highest BCUT2D eigenvalue weighted by Gasteiger charge is 2.20. The van der Waals surface area contributed by atoms with Crippen molar-refractivity contribution in [2.45, 2.75) is 64.3 Å². The second-order valence-electron chi connectivity index (χ2n) is 8.27. The van der Waals surface area contributed by atoms with Crippen molar-refractivity contribution in [2.24, 2.45) is 0 Å². The van der Waals surface area contributed by atoms with Crippen molar-refractivity contribution in [1.29, 1.82) is 0 Å². The third-order valence-corrected chi connectivity index (χ3v) is 5.71. The van der Waals surface area contributed by atoms with E-state index in [1.165, 1.54) is 32.1 Å². The molecule has 1 aliphatic carbocycles. The first kappa shape index (κ1) is 21.7. The number of hydrogen-bond donors (Lipinski definition) is 1. The number of aromatic nitrogens is 2. The maximum atomic E-state index is 10.5. The maximum absolute atomic E-state index is 10.5. The van der Waals surface area contributed by atoms with Gasteiger partial charge in [0.05, 0.1) is 0 Å². The second kappa shape index (κ2) is 10.7. The average molecular weight is 403 g/mol. The number of benzene rings is 1. The van der Waals surface area contributed by atoms with Gasteiger partial charge in [0, 0.05) is 31.2 Å². The van der Waals surface area contributed by atoms with Crippen LogP contribution >= 0.6 is 0 Å². The molecule has 1 saturated carbocycles. The first-order valence-electron chi connectivity index (χ1n) is 10.6. The molecule has 0 aliphatic heterocycles. The van der Waals surface area contributed by atoms with Gasteiger partial charge in [-0.15, -0.1) is 0 Å². The summed E-state index contributed by atoms with van der Waals surface area (Å²) in [5, 5.41) is 18.3. The molecule has 1 atom stereocenters. The minimum atomic E-state index is -0.503. The van der Waals surface area contributed by atoms with Crippen LogP contribution in [0.3, 0.4) is 0 Å². The van der Waals surface area contributed by atoms with Crippen LogP contribution in [0.4, 0.5) is 0 Å². The number of hydrogen-bond acceptors (Lipinski definition) is 7. The third-order valence-electron chi connectivity index (χ3n) is 5.71. The van der Waals surface area contributed by atoms with E-state index in [9.17, 15) is 5.11 Å². The fourth-order valence-corrected chi connectivity index (χ4v) is 4.01. The summed E-state index contributed by atoms with van der Waals surface area (Å²) in [6, 6.07) is 8.58. The molecule has 0 radical (unpaired) electrons. The summed E-state index contributed by atoms with van der Waals surface area (Å²) in [6.45, 7) is 4.19. The van der Waals surface area contributed by atoms with Crippen molar-refractivity contribution in [3.8, 4) is 5.75 Å². The lowest BCUT2D eigenvalue weighted by Gasteiger charge is -2.32. The van der Waals surface area contributed by atoms with Crippen LogP contribution in [0.2, 0.25) is 0 Å². The zero-order valence-corrected chi connectivity index (χ0v) is 17.9. The molecule has 7 nitrogen and oxygen atoms in total. The van der Waals surface area contributed by atoms with Crippen LogP contribution in [0.25, 0.3) is 0 Å². The number of aliphatic hydroxyl groups is 1. The molecule has 7 heteroatoms. The largest absolute Gasteiger partial charge is 0.491 e. The normalized spacial score (nSPS) is 16.5. The standard InChI is InChI=1S/C22H34N4O3/c1-17-21(24-29-23-17)15-25(2)13-18-9-7-8-12-22(18)28-16-20(27)14-26(3)19-10-5-4-6-11-19/h7-9,12,19-20,27H,4-6,10-11,13-16H2,1-3H3/t20-/m0/s1. The van der Waals surface area contributed by atoms with Gasteiger partial charge in [0.2, 0.25) is 0 Å². The predicted octanol–water partition coefficient (Wildman–Crippen LogP) is 3.01. The summed E-state index contributed by atoms with van der Waals surface area (Å²) in [4.78, 5) is 4.43. The van der Waals surface area contributed by atoms with Crippen molar-refractivity contribution in [3.05, 3.63) is 41.2 Å². The van der Waals surface area contributed by atoms with E-state index in [1.807, 2.05) is 32.2 Å². The van der Waals surface area contributed by atoms with E-state index in [4.69, 9.17) is 9.37 Å². The maximum Gasteiger partial charge on any atom is 0.123 e. The van der Waals surface area contributed by atoms with E-state index in [1.54, 1.807) is 0 Å². The van der Waals surface area contributed by atoms with E-state index >= 15 is 0 Å². The van der Waals surface area contributed by atoms with Gasteiger partial charge in [0.25, 0.3) is 0 Å². The number of nitrogens with zero attached hydrogens (tertiary/aromatic N) is 4. The zero-order valence-electron chi connectivity index (χ0n) is 17.9. The van der Waals surface area contributed by atoms with Gasteiger partial charge in [0.1, 0.15) is 29.8 Å². The highest BCUT2D eigenvalue weighted by Crippen LogP contribution is 2.23. The van der Waals surface area contributed by atoms with Gasteiger partial charge in [-0.05, 0) is 39.9 Å². The predicted molar refractivity (Wildman–Crippen MR) is 112 cm³/mol. The van der Waals surface area contributed by atoms with E-state index < -0.39 is 6.10 Å².